The predicted molar refractivity (Wildman–Crippen MR) is 74.5 cm³/mol. The van der Waals surface area contributed by atoms with Crippen LogP contribution < -0.4 is 5.32 Å². The third-order valence-corrected chi connectivity index (χ3v) is 3.01. The SMILES string of the molecule is O=C(Cn1cccc1C(=O)O)NCCc1ccc(F)cc1. The Labute approximate surface area is 121 Å². The second-order valence-corrected chi connectivity index (χ2v) is 4.55. The third kappa shape index (κ3) is 4.17. The molecule has 0 fully saturated rings. The van der Waals surface area contributed by atoms with Gasteiger partial charge in [0, 0.05) is 12.7 Å². The van der Waals surface area contributed by atoms with Gasteiger partial charge in [0.2, 0.25) is 5.91 Å². The van der Waals surface area contributed by atoms with E-state index in [4.69, 9.17) is 5.11 Å². The fraction of sp³-hybridized carbons (Fsp3) is 0.200. The number of halogens is 1. The number of aromatic carboxylic acids is 1. The summed E-state index contributed by atoms with van der Waals surface area (Å²) >= 11 is 0. The van der Waals surface area contributed by atoms with Crippen molar-refractivity contribution in [3.05, 3.63) is 59.7 Å². The van der Waals surface area contributed by atoms with Gasteiger partial charge in [-0.25, -0.2) is 9.18 Å². The Morgan fingerprint density at radius 1 is 1.19 bits per heavy atom. The van der Waals surface area contributed by atoms with Gasteiger partial charge in [-0.2, -0.15) is 0 Å². The van der Waals surface area contributed by atoms with Crippen LogP contribution in [0, 0.1) is 5.82 Å². The molecule has 0 spiro atoms. The van der Waals surface area contributed by atoms with Crippen LogP contribution in [0.4, 0.5) is 4.39 Å². The van der Waals surface area contributed by atoms with E-state index in [9.17, 15) is 14.0 Å². The van der Waals surface area contributed by atoms with E-state index in [2.05, 4.69) is 5.32 Å². The summed E-state index contributed by atoms with van der Waals surface area (Å²) in [5, 5.41) is 11.6. The van der Waals surface area contributed by atoms with Gasteiger partial charge < -0.3 is 15.0 Å². The summed E-state index contributed by atoms with van der Waals surface area (Å²) in [6.45, 7) is 0.367. The molecular formula is C15H15FN2O3. The van der Waals surface area contributed by atoms with Crippen molar-refractivity contribution in [2.24, 2.45) is 0 Å². The van der Waals surface area contributed by atoms with Crippen molar-refractivity contribution in [3.63, 3.8) is 0 Å². The van der Waals surface area contributed by atoms with Crippen molar-refractivity contribution >= 4 is 11.9 Å². The molecule has 2 aromatic rings. The van der Waals surface area contributed by atoms with Crippen molar-refractivity contribution in [2.45, 2.75) is 13.0 Å². The maximum absolute atomic E-state index is 12.7. The molecule has 21 heavy (non-hydrogen) atoms. The van der Waals surface area contributed by atoms with Crippen LogP contribution in [0.2, 0.25) is 0 Å². The van der Waals surface area contributed by atoms with Crippen LogP contribution in [0.5, 0.6) is 0 Å². The van der Waals surface area contributed by atoms with E-state index in [1.165, 1.54) is 22.8 Å². The number of carbonyl (C=O) groups is 2. The smallest absolute Gasteiger partial charge is 0.352 e. The molecule has 1 heterocycles. The van der Waals surface area contributed by atoms with Gasteiger partial charge in [0.05, 0.1) is 0 Å². The van der Waals surface area contributed by atoms with Crippen LogP contribution in [0.3, 0.4) is 0 Å². The van der Waals surface area contributed by atoms with Crippen LogP contribution in [-0.4, -0.2) is 28.1 Å². The highest BCUT2D eigenvalue weighted by molar-refractivity contribution is 5.86. The summed E-state index contributed by atoms with van der Waals surface area (Å²) in [6.07, 6.45) is 2.13. The number of carbonyl (C=O) groups excluding carboxylic acids is 1. The van der Waals surface area contributed by atoms with E-state index in [-0.39, 0.29) is 24.0 Å². The number of carboxylic acids is 1. The van der Waals surface area contributed by atoms with Crippen LogP contribution >= 0.6 is 0 Å². The topological polar surface area (TPSA) is 71.3 Å². The largest absolute Gasteiger partial charge is 0.477 e. The summed E-state index contributed by atoms with van der Waals surface area (Å²) in [4.78, 5) is 22.7. The van der Waals surface area contributed by atoms with E-state index in [0.29, 0.717) is 13.0 Å². The average Bonchev–Trinajstić information content (AvgIpc) is 2.89. The second-order valence-electron chi connectivity index (χ2n) is 4.55. The van der Waals surface area contributed by atoms with Gasteiger partial charge in [-0.15, -0.1) is 0 Å². The second kappa shape index (κ2) is 6.69. The molecule has 6 heteroatoms. The van der Waals surface area contributed by atoms with Gasteiger partial charge in [-0.05, 0) is 36.2 Å². The van der Waals surface area contributed by atoms with Gasteiger partial charge >= 0.3 is 5.97 Å². The number of benzene rings is 1. The maximum atomic E-state index is 12.7. The number of rotatable bonds is 6. The summed E-state index contributed by atoms with van der Waals surface area (Å²) in [5.74, 6) is -1.63. The first kappa shape index (κ1) is 14.8. The minimum Gasteiger partial charge on any atom is -0.477 e. The fourth-order valence-electron chi connectivity index (χ4n) is 1.95. The van der Waals surface area contributed by atoms with Crippen LogP contribution in [0.25, 0.3) is 0 Å². The Bertz CT molecular complexity index is 635. The molecule has 0 bridgehead atoms. The fourth-order valence-corrected chi connectivity index (χ4v) is 1.95. The number of aromatic nitrogens is 1. The van der Waals surface area contributed by atoms with Crippen molar-refractivity contribution < 1.29 is 19.1 Å². The lowest BCUT2D eigenvalue weighted by molar-refractivity contribution is -0.121. The highest BCUT2D eigenvalue weighted by Crippen LogP contribution is 2.03. The molecule has 0 unspecified atom stereocenters. The normalized spacial score (nSPS) is 10.3. The lowest BCUT2D eigenvalue weighted by atomic mass is 10.1. The third-order valence-electron chi connectivity index (χ3n) is 3.01. The number of carboxylic acid groups (broad SMARTS) is 1. The van der Waals surface area contributed by atoms with Gasteiger partial charge in [0.25, 0.3) is 0 Å². The number of nitrogens with one attached hydrogen (secondary N) is 1. The summed E-state index contributed by atoms with van der Waals surface area (Å²) < 4.78 is 14.1. The first-order valence-electron chi connectivity index (χ1n) is 6.46. The molecule has 0 aliphatic rings. The molecule has 1 amide bonds. The number of nitrogens with zero attached hydrogens (tertiary/aromatic N) is 1. The lowest BCUT2D eigenvalue weighted by Gasteiger charge is -2.08. The highest BCUT2D eigenvalue weighted by Gasteiger charge is 2.11. The van der Waals surface area contributed by atoms with Gasteiger partial charge in [0.1, 0.15) is 18.1 Å². The zero-order chi connectivity index (χ0) is 15.2. The Morgan fingerprint density at radius 3 is 2.57 bits per heavy atom. The molecule has 0 radical (unpaired) electrons. The molecule has 110 valence electrons. The number of hydrogen-bond acceptors (Lipinski definition) is 2. The van der Waals surface area contributed by atoms with Crippen molar-refractivity contribution in [2.75, 3.05) is 6.54 Å². The molecule has 1 aromatic heterocycles. The molecular weight excluding hydrogens is 275 g/mol. The molecule has 2 rings (SSSR count). The van der Waals surface area contributed by atoms with E-state index >= 15 is 0 Å². The predicted octanol–water partition coefficient (Wildman–Crippen LogP) is 1.68. The molecule has 2 N–H and O–H groups in total. The Balaban J connectivity index is 1.81. The summed E-state index contributed by atoms with van der Waals surface area (Å²) in [6, 6.07) is 9.08. The van der Waals surface area contributed by atoms with Gasteiger partial charge in [-0.1, -0.05) is 12.1 Å². The minimum atomic E-state index is -1.07. The van der Waals surface area contributed by atoms with Crippen LogP contribution in [0.1, 0.15) is 16.1 Å². The van der Waals surface area contributed by atoms with E-state index in [0.717, 1.165) is 5.56 Å². The van der Waals surface area contributed by atoms with Crippen molar-refractivity contribution in [1.29, 1.82) is 0 Å². The molecule has 0 aliphatic carbocycles. The number of hydrogen-bond donors (Lipinski definition) is 2. The van der Waals surface area contributed by atoms with Gasteiger partial charge in [0.15, 0.2) is 0 Å². The Hall–Kier alpha value is -2.63. The lowest BCUT2D eigenvalue weighted by Crippen LogP contribution is -2.30. The van der Waals surface area contributed by atoms with Gasteiger partial charge in [-0.3, -0.25) is 4.79 Å². The van der Waals surface area contributed by atoms with E-state index < -0.39 is 5.97 Å². The van der Waals surface area contributed by atoms with Crippen molar-refractivity contribution in [3.8, 4) is 0 Å². The quantitative estimate of drug-likeness (QED) is 0.850. The zero-order valence-electron chi connectivity index (χ0n) is 11.3. The standard InChI is InChI=1S/C15H15FN2O3/c16-12-5-3-11(4-6-12)7-8-17-14(19)10-18-9-1-2-13(18)15(20)21/h1-6,9H,7-8,10H2,(H,17,19)(H,20,21). The first-order valence-corrected chi connectivity index (χ1v) is 6.46. The van der Waals surface area contributed by atoms with E-state index in [1.807, 2.05) is 0 Å². The minimum absolute atomic E-state index is 0.0436. The van der Waals surface area contributed by atoms with E-state index in [1.54, 1.807) is 24.4 Å². The van der Waals surface area contributed by atoms with Crippen LogP contribution in [0.15, 0.2) is 42.6 Å². The molecule has 5 nitrogen and oxygen atoms in total. The first-order chi connectivity index (χ1) is 10.1. The maximum Gasteiger partial charge on any atom is 0.352 e. The molecule has 0 saturated carbocycles. The van der Waals surface area contributed by atoms with Crippen molar-refractivity contribution in [1.82, 2.24) is 9.88 Å². The molecule has 1 aromatic carbocycles. The summed E-state index contributed by atoms with van der Waals surface area (Å²) in [7, 11) is 0. The zero-order valence-corrected chi connectivity index (χ0v) is 11.3. The summed E-state index contributed by atoms with van der Waals surface area (Å²) in [5.41, 5.74) is 0.993. The Morgan fingerprint density at radius 2 is 1.90 bits per heavy atom. The average molecular weight is 290 g/mol. The highest BCUT2D eigenvalue weighted by atomic mass is 19.1. The molecule has 0 saturated heterocycles. The molecule has 0 atom stereocenters. The monoisotopic (exact) mass is 290 g/mol. The number of amides is 1. The van der Waals surface area contributed by atoms with Crippen LogP contribution in [-0.2, 0) is 17.8 Å². The Kier molecular flexibility index (Phi) is 4.71. The molecule has 0 aliphatic heterocycles.